The van der Waals surface area contributed by atoms with Crippen LogP contribution in [0.25, 0.3) is 0 Å². The summed E-state index contributed by atoms with van der Waals surface area (Å²) < 4.78 is 5.18. The number of amides is 1. The van der Waals surface area contributed by atoms with Crippen molar-refractivity contribution in [3.63, 3.8) is 0 Å². The minimum Gasteiger partial charge on any atom is -0.447 e. The van der Waals surface area contributed by atoms with E-state index in [0.29, 0.717) is 12.4 Å². The van der Waals surface area contributed by atoms with E-state index in [1.54, 1.807) is 17.2 Å². The highest BCUT2D eigenvalue weighted by molar-refractivity contribution is 6.28. The van der Waals surface area contributed by atoms with Crippen LogP contribution in [-0.2, 0) is 4.74 Å². The fraction of sp³-hybridized carbons (Fsp3) is 0.545. The molecule has 2 heterocycles. The molecule has 0 N–H and O–H groups in total. The number of carbonyl (C=O) groups is 1. The monoisotopic (exact) mass is 253 g/mol. The average Bonchev–Trinajstić information content (AvgIpc) is 2.88. The summed E-state index contributed by atoms with van der Waals surface area (Å²) in [6.07, 6.45) is 5.37. The molecule has 3 rings (SSSR count). The first kappa shape index (κ1) is 10.8. The van der Waals surface area contributed by atoms with E-state index < -0.39 is 0 Å². The van der Waals surface area contributed by atoms with Gasteiger partial charge in [-0.3, -0.25) is 4.90 Å². The van der Waals surface area contributed by atoms with Crippen molar-refractivity contribution in [2.24, 2.45) is 0 Å². The van der Waals surface area contributed by atoms with Crippen LogP contribution in [0.3, 0.4) is 0 Å². The van der Waals surface area contributed by atoms with Gasteiger partial charge in [-0.1, -0.05) is 12.8 Å². The Balaban J connectivity index is 2.01. The Labute approximate surface area is 104 Å². The molecule has 6 heteroatoms. The SMILES string of the molecule is O=C1OCC2(CCCC2)N1c1ccnc(Cl)n1. The maximum atomic E-state index is 11.8. The van der Waals surface area contributed by atoms with Gasteiger partial charge in [-0.2, -0.15) is 0 Å². The van der Waals surface area contributed by atoms with Crippen LogP contribution in [0.1, 0.15) is 25.7 Å². The molecule has 17 heavy (non-hydrogen) atoms. The molecule has 1 saturated carbocycles. The highest BCUT2D eigenvalue weighted by Crippen LogP contribution is 2.41. The zero-order valence-corrected chi connectivity index (χ0v) is 9.98. The zero-order chi connectivity index (χ0) is 11.9. The number of ether oxygens (including phenoxy) is 1. The van der Waals surface area contributed by atoms with Crippen LogP contribution in [0.4, 0.5) is 10.6 Å². The summed E-state index contributed by atoms with van der Waals surface area (Å²) in [6.45, 7) is 0.452. The van der Waals surface area contributed by atoms with Gasteiger partial charge in [-0.05, 0) is 30.5 Å². The molecule has 2 aliphatic rings. The number of hydrogen-bond donors (Lipinski definition) is 0. The Bertz CT molecular complexity index is 460. The average molecular weight is 254 g/mol. The molecule has 1 amide bonds. The first-order valence-electron chi connectivity index (χ1n) is 5.67. The van der Waals surface area contributed by atoms with Crippen molar-refractivity contribution in [3.05, 3.63) is 17.5 Å². The van der Waals surface area contributed by atoms with Crippen LogP contribution in [-0.4, -0.2) is 28.2 Å². The minimum absolute atomic E-state index is 0.148. The molecule has 2 fully saturated rings. The predicted molar refractivity (Wildman–Crippen MR) is 62.1 cm³/mol. The summed E-state index contributed by atoms with van der Waals surface area (Å²) in [5.41, 5.74) is -0.214. The molecular formula is C11H12ClN3O2. The summed E-state index contributed by atoms with van der Waals surface area (Å²) in [7, 11) is 0. The molecule has 1 aromatic rings. The fourth-order valence-corrected chi connectivity index (χ4v) is 2.85. The van der Waals surface area contributed by atoms with Crippen LogP contribution in [0, 0.1) is 0 Å². The third kappa shape index (κ3) is 1.65. The second-order valence-corrected chi connectivity index (χ2v) is 4.84. The number of aromatic nitrogens is 2. The highest BCUT2D eigenvalue weighted by atomic mass is 35.5. The minimum atomic E-state index is -0.332. The van der Waals surface area contributed by atoms with Gasteiger partial charge in [0.05, 0.1) is 5.54 Å². The summed E-state index contributed by atoms with van der Waals surface area (Å²) in [4.78, 5) is 21.4. The number of hydrogen-bond acceptors (Lipinski definition) is 4. The van der Waals surface area contributed by atoms with Crippen LogP contribution >= 0.6 is 11.6 Å². The van der Waals surface area contributed by atoms with Crippen LogP contribution in [0.2, 0.25) is 5.28 Å². The number of nitrogens with zero attached hydrogens (tertiary/aromatic N) is 3. The third-order valence-electron chi connectivity index (χ3n) is 3.50. The first-order chi connectivity index (χ1) is 8.21. The molecule has 0 bridgehead atoms. The van der Waals surface area contributed by atoms with Gasteiger partial charge in [-0.15, -0.1) is 0 Å². The van der Waals surface area contributed by atoms with E-state index in [1.165, 1.54) is 0 Å². The second kappa shape index (κ2) is 3.84. The first-order valence-corrected chi connectivity index (χ1v) is 6.05. The van der Waals surface area contributed by atoms with Gasteiger partial charge in [-0.25, -0.2) is 14.8 Å². The fourth-order valence-electron chi connectivity index (χ4n) is 2.71. The van der Waals surface area contributed by atoms with Gasteiger partial charge < -0.3 is 4.74 Å². The lowest BCUT2D eigenvalue weighted by molar-refractivity contribution is 0.173. The van der Waals surface area contributed by atoms with E-state index in [4.69, 9.17) is 16.3 Å². The third-order valence-corrected chi connectivity index (χ3v) is 3.68. The lowest BCUT2D eigenvalue weighted by atomic mass is 9.98. The van der Waals surface area contributed by atoms with Gasteiger partial charge in [0.15, 0.2) is 0 Å². The van der Waals surface area contributed by atoms with E-state index in [-0.39, 0.29) is 16.9 Å². The van der Waals surface area contributed by atoms with Crippen LogP contribution < -0.4 is 4.90 Å². The van der Waals surface area contributed by atoms with Gasteiger partial charge in [0.25, 0.3) is 0 Å². The quantitative estimate of drug-likeness (QED) is 0.721. The Morgan fingerprint density at radius 1 is 1.41 bits per heavy atom. The van der Waals surface area contributed by atoms with E-state index in [9.17, 15) is 4.79 Å². The Kier molecular flexibility index (Phi) is 2.43. The maximum absolute atomic E-state index is 11.8. The summed E-state index contributed by atoms with van der Waals surface area (Å²) >= 11 is 5.77. The Morgan fingerprint density at radius 2 is 2.18 bits per heavy atom. The Morgan fingerprint density at radius 3 is 2.88 bits per heavy atom. The number of anilines is 1. The molecule has 0 radical (unpaired) electrons. The molecular weight excluding hydrogens is 242 g/mol. The molecule has 1 spiro atoms. The van der Waals surface area contributed by atoms with Crippen molar-refractivity contribution in [2.45, 2.75) is 31.2 Å². The van der Waals surface area contributed by atoms with Gasteiger partial charge in [0, 0.05) is 6.20 Å². The predicted octanol–water partition coefficient (Wildman–Crippen LogP) is 2.40. The smallest absolute Gasteiger partial charge is 0.416 e. The molecule has 90 valence electrons. The van der Waals surface area contributed by atoms with E-state index >= 15 is 0 Å². The molecule has 1 aliphatic carbocycles. The van der Waals surface area contributed by atoms with Crippen LogP contribution in [0.15, 0.2) is 12.3 Å². The Hall–Kier alpha value is -1.36. The van der Waals surface area contributed by atoms with Crippen molar-refractivity contribution in [1.82, 2.24) is 9.97 Å². The lowest BCUT2D eigenvalue weighted by Gasteiger charge is -2.30. The highest BCUT2D eigenvalue weighted by Gasteiger charge is 2.50. The number of rotatable bonds is 1. The summed E-state index contributed by atoms with van der Waals surface area (Å²) in [5, 5.41) is 0.148. The lowest BCUT2D eigenvalue weighted by Crippen LogP contribution is -2.45. The van der Waals surface area contributed by atoms with Crippen molar-refractivity contribution in [1.29, 1.82) is 0 Å². The number of halogens is 1. The summed E-state index contributed by atoms with van der Waals surface area (Å²) in [5.74, 6) is 0.536. The normalized spacial score (nSPS) is 22.2. The summed E-state index contributed by atoms with van der Waals surface area (Å²) in [6, 6.07) is 1.69. The molecule has 0 unspecified atom stereocenters. The molecule has 5 nitrogen and oxygen atoms in total. The largest absolute Gasteiger partial charge is 0.447 e. The topological polar surface area (TPSA) is 55.3 Å². The van der Waals surface area contributed by atoms with E-state index in [0.717, 1.165) is 25.7 Å². The maximum Gasteiger partial charge on any atom is 0.416 e. The molecule has 1 aliphatic heterocycles. The van der Waals surface area contributed by atoms with Crippen molar-refractivity contribution >= 4 is 23.5 Å². The van der Waals surface area contributed by atoms with Crippen molar-refractivity contribution < 1.29 is 9.53 Å². The van der Waals surface area contributed by atoms with Gasteiger partial charge in [0.2, 0.25) is 5.28 Å². The van der Waals surface area contributed by atoms with Gasteiger partial charge in [0.1, 0.15) is 12.4 Å². The number of cyclic esters (lactones) is 1. The molecule has 1 saturated heterocycles. The van der Waals surface area contributed by atoms with Crippen LogP contribution in [0.5, 0.6) is 0 Å². The molecule has 1 aromatic heterocycles. The van der Waals surface area contributed by atoms with Gasteiger partial charge >= 0.3 is 6.09 Å². The number of carbonyl (C=O) groups excluding carboxylic acids is 1. The molecule has 0 atom stereocenters. The van der Waals surface area contributed by atoms with E-state index in [1.807, 2.05) is 0 Å². The van der Waals surface area contributed by atoms with E-state index in [2.05, 4.69) is 9.97 Å². The second-order valence-electron chi connectivity index (χ2n) is 4.51. The zero-order valence-electron chi connectivity index (χ0n) is 9.23. The van der Waals surface area contributed by atoms with Crippen molar-refractivity contribution in [3.8, 4) is 0 Å². The standard InChI is InChI=1S/C11H12ClN3O2/c12-9-13-6-3-8(14-9)15-10(16)17-7-11(15)4-1-2-5-11/h3,6H,1-2,4-5,7H2. The molecule has 0 aromatic carbocycles. The van der Waals surface area contributed by atoms with Crippen molar-refractivity contribution in [2.75, 3.05) is 11.5 Å².